The smallest absolute Gasteiger partial charge is 0.497 e. The minimum absolute atomic E-state index is 0.0168. The maximum absolute atomic E-state index is 11.7. The topological polar surface area (TPSA) is 100 Å². The first kappa shape index (κ1) is 22.1. The third kappa shape index (κ3) is 4.17. The molecule has 8 heteroatoms. The number of rotatable bonds is 7. The molecule has 176 valence electrons. The average molecular weight is 471 g/mol. The van der Waals surface area contributed by atoms with Crippen LogP contribution in [0.5, 0.6) is 23.1 Å². The zero-order valence-electron chi connectivity index (χ0n) is 19.0. The van der Waals surface area contributed by atoms with Crippen LogP contribution in [0.15, 0.2) is 77.2 Å². The molecule has 0 amide bonds. The van der Waals surface area contributed by atoms with Crippen LogP contribution in [0.25, 0.3) is 33.2 Å². The second kappa shape index (κ2) is 9.26. The molecular formula is C27H21NO7. The van der Waals surface area contributed by atoms with Crippen molar-refractivity contribution in [2.45, 2.75) is 6.61 Å². The van der Waals surface area contributed by atoms with Gasteiger partial charge in [-0.05, 0) is 35.9 Å². The van der Waals surface area contributed by atoms with E-state index in [4.69, 9.17) is 23.4 Å². The molecule has 0 atom stereocenters. The van der Waals surface area contributed by atoms with Gasteiger partial charge in [-0.25, -0.2) is 9.78 Å². The molecule has 5 aromatic rings. The highest BCUT2D eigenvalue weighted by Gasteiger charge is 2.26. The van der Waals surface area contributed by atoms with Crippen LogP contribution < -0.4 is 18.9 Å². The summed E-state index contributed by atoms with van der Waals surface area (Å²) in [5.41, 5.74) is 3.34. The molecule has 0 spiro atoms. The normalized spacial score (nSPS) is 10.9. The van der Waals surface area contributed by atoms with Crippen molar-refractivity contribution < 1.29 is 33.3 Å². The molecule has 3 aromatic carbocycles. The van der Waals surface area contributed by atoms with Crippen molar-refractivity contribution >= 4 is 28.2 Å². The van der Waals surface area contributed by atoms with E-state index in [0.29, 0.717) is 39.3 Å². The van der Waals surface area contributed by atoms with Gasteiger partial charge in [0.2, 0.25) is 5.75 Å². The zero-order valence-corrected chi connectivity index (χ0v) is 19.0. The predicted octanol–water partition coefficient (Wildman–Crippen LogP) is 6.30. The number of furan rings is 1. The fraction of sp³-hybridized carbons (Fsp3) is 0.111. The molecule has 0 radical (unpaired) electrons. The largest absolute Gasteiger partial charge is 0.511 e. The standard InChI is InChI=1S/C27H21NO7/c1-31-18-13-11-16(12-14-18)22-24-23(19-8-4-6-10-21(19)34-24)28-26(25(22)35-27(29)30)33-15-17-7-3-5-9-20(17)32-2/h3-14H,15H2,1-2H3,(H,29,30). The number of carbonyl (C=O) groups is 1. The van der Waals surface area contributed by atoms with Gasteiger partial charge in [-0.3, -0.25) is 0 Å². The van der Waals surface area contributed by atoms with Gasteiger partial charge >= 0.3 is 6.16 Å². The minimum atomic E-state index is -1.50. The molecule has 2 heterocycles. The molecule has 5 rings (SSSR count). The number of methoxy groups -OCH3 is 2. The van der Waals surface area contributed by atoms with Crippen LogP contribution in [-0.2, 0) is 6.61 Å². The van der Waals surface area contributed by atoms with Crippen LogP contribution in [-0.4, -0.2) is 30.5 Å². The summed E-state index contributed by atoms with van der Waals surface area (Å²) in [5.74, 6) is 1.24. The van der Waals surface area contributed by atoms with E-state index in [9.17, 15) is 9.90 Å². The number of benzene rings is 3. The molecule has 0 unspecified atom stereocenters. The number of para-hydroxylation sites is 2. The number of fused-ring (bicyclic) bond motifs is 3. The monoisotopic (exact) mass is 471 g/mol. The summed E-state index contributed by atoms with van der Waals surface area (Å²) in [4.78, 5) is 16.3. The molecule has 0 aliphatic carbocycles. The van der Waals surface area contributed by atoms with Crippen LogP contribution >= 0.6 is 0 Å². The Morgan fingerprint density at radius 2 is 1.69 bits per heavy atom. The number of pyridine rings is 1. The Kier molecular flexibility index (Phi) is 5.85. The van der Waals surface area contributed by atoms with E-state index in [1.54, 1.807) is 38.5 Å². The molecule has 0 aliphatic rings. The summed E-state index contributed by atoms with van der Waals surface area (Å²) in [6.07, 6.45) is -1.50. The number of hydrogen-bond acceptors (Lipinski definition) is 7. The van der Waals surface area contributed by atoms with Crippen molar-refractivity contribution in [2.24, 2.45) is 0 Å². The first-order valence-electron chi connectivity index (χ1n) is 10.7. The van der Waals surface area contributed by atoms with Crippen molar-refractivity contribution in [3.05, 3.63) is 78.4 Å². The zero-order chi connectivity index (χ0) is 24.4. The highest BCUT2D eigenvalue weighted by molar-refractivity contribution is 6.09. The summed E-state index contributed by atoms with van der Waals surface area (Å²) in [6.45, 7) is 0.0797. The molecule has 0 saturated heterocycles. The van der Waals surface area contributed by atoms with Gasteiger partial charge in [0.25, 0.3) is 5.88 Å². The van der Waals surface area contributed by atoms with Gasteiger partial charge < -0.3 is 28.5 Å². The Bertz CT molecular complexity index is 1520. The summed E-state index contributed by atoms with van der Waals surface area (Å²) >= 11 is 0. The van der Waals surface area contributed by atoms with E-state index < -0.39 is 6.16 Å². The second-order valence-electron chi connectivity index (χ2n) is 7.59. The van der Waals surface area contributed by atoms with Crippen molar-refractivity contribution in [1.82, 2.24) is 4.98 Å². The van der Waals surface area contributed by atoms with Gasteiger partial charge in [0.1, 0.15) is 29.2 Å². The van der Waals surface area contributed by atoms with E-state index >= 15 is 0 Å². The Morgan fingerprint density at radius 3 is 2.43 bits per heavy atom. The van der Waals surface area contributed by atoms with Crippen molar-refractivity contribution in [1.29, 1.82) is 0 Å². The van der Waals surface area contributed by atoms with Crippen molar-refractivity contribution in [2.75, 3.05) is 14.2 Å². The molecule has 0 aliphatic heterocycles. The van der Waals surface area contributed by atoms with Gasteiger partial charge in [0, 0.05) is 10.9 Å². The van der Waals surface area contributed by atoms with E-state index in [0.717, 1.165) is 10.9 Å². The van der Waals surface area contributed by atoms with Crippen LogP contribution in [0.3, 0.4) is 0 Å². The first-order chi connectivity index (χ1) is 17.1. The lowest BCUT2D eigenvalue weighted by atomic mass is 10.0. The van der Waals surface area contributed by atoms with E-state index in [1.165, 1.54) is 0 Å². The third-order valence-corrected chi connectivity index (χ3v) is 5.56. The molecular weight excluding hydrogens is 450 g/mol. The number of aromatic nitrogens is 1. The predicted molar refractivity (Wildman–Crippen MR) is 129 cm³/mol. The minimum Gasteiger partial charge on any atom is -0.497 e. The Balaban J connectivity index is 1.74. The molecule has 35 heavy (non-hydrogen) atoms. The SMILES string of the molecule is COc1ccc(-c2c(OC(=O)O)c(OCc3ccccc3OC)nc3c2oc2ccccc23)cc1. The number of hydrogen-bond donors (Lipinski definition) is 1. The lowest BCUT2D eigenvalue weighted by Crippen LogP contribution is -2.08. The Hall–Kier alpha value is -4.72. The molecule has 8 nitrogen and oxygen atoms in total. The fourth-order valence-corrected chi connectivity index (χ4v) is 3.94. The van der Waals surface area contributed by atoms with E-state index in [1.807, 2.05) is 48.5 Å². The number of nitrogens with zero attached hydrogens (tertiary/aromatic N) is 1. The van der Waals surface area contributed by atoms with Crippen LogP contribution in [0.2, 0.25) is 0 Å². The second-order valence-corrected chi connectivity index (χ2v) is 7.59. The average Bonchev–Trinajstić information content (AvgIpc) is 3.25. The van der Waals surface area contributed by atoms with Gasteiger partial charge in [0.15, 0.2) is 5.58 Å². The molecule has 0 fully saturated rings. The Labute approximate surface area is 200 Å². The Morgan fingerprint density at radius 1 is 0.943 bits per heavy atom. The third-order valence-electron chi connectivity index (χ3n) is 5.56. The van der Waals surface area contributed by atoms with Crippen LogP contribution in [0.1, 0.15) is 5.56 Å². The summed E-state index contributed by atoms with van der Waals surface area (Å²) in [7, 11) is 3.14. The number of carboxylic acid groups (broad SMARTS) is 1. The maximum Gasteiger partial charge on any atom is 0.511 e. The van der Waals surface area contributed by atoms with Gasteiger partial charge in [-0.2, -0.15) is 0 Å². The van der Waals surface area contributed by atoms with E-state index in [-0.39, 0.29) is 18.2 Å². The number of ether oxygens (including phenoxy) is 4. The fourth-order valence-electron chi connectivity index (χ4n) is 3.94. The molecule has 2 aromatic heterocycles. The summed E-state index contributed by atoms with van der Waals surface area (Å²) in [6, 6.07) is 21.9. The van der Waals surface area contributed by atoms with E-state index in [2.05, 4.69) is 4.98 Å². The maximum atomic E-state index is 11.7. The summed E-state index contributed by atoms with van der Waals surface area (Å²) in [5, 5.41) is 10.3. The van der Waals surface area contributed by atoms with Gasteiger partial charge in [-0.15, -0.1) is 0 Å². The van der Waals surface area contributed by atoms with Crippen molar-refractivity contribution in [3.63, 3.8) is 0 Å². The lowest BCUT2D eigenvalue weighted by molar-refractivity contribution is 0.141. The highest BCUT2D eigenvalue weighted by atomic mass is 16.7. The van der Waals surface area contributed by atoms with Gasteiger partial charge in [-0.1, -0.05) is 42.5 Å². The molecule has 0 bridgehead atoms. The molecule has 1 N–H and O–H groups in total. The van der Waals surface area contributed by atoms with Crippen LogP contribution in [0, 0.1) is 0 Å². The summed E-state index contributed by atoms with van der Waals surface area (Å²) < 4.78 is 28.1. The first-order valence-corrected chi connectivity index (χ1v) is 10.7. The van der Waals surface area contributed by atoms with Gasteiger partial charge in [0.05, 0.1) is 19.8 Å². The molecule has 0 saturated carbocycles. The van der Waals surface area contributed by atoms with Crippen LogP contribution in [0.4, 0.5) is 4.79 Å². The quantitative estimate of drug-likeness (QED) is 0.276. The van der Waals surface area contributed by atoms with Crippen molar-refractivity contribution in [3.8, 4) is 34.3 Å². The highest BCUT2D eigenvalue weighted by Crippen LogP contribution is 2.45. The lowest BCUT2D eigenvalue weighted by Gasteiger charge is -2.15.